The Morgan fingerprint density at radius 2 is 1.94 bits per heavy atom. The van der Waals surface area contributed by atoms with Crippen LogP contribution in [0.25, 0.3) is 0 Å². The molecule has 90 valence electrons. The van der Waals surface area contributed by atoms with Gasteiger partial charge in [-0.2, -0.15) is 0 Å². The van der Waals surface area contributed by atoms with Crippen molar-refractivity contribution in [3.8, 4) is 0 Å². The fraction of sp³-hybridized carbons (Fsp3) is 0.667. The van der Waals surface area contributed by atoms with E-state index in [1.165, 1.54) is 0 Å². The van der Waals surface area contributed by atoms with Crippen LogP contribution in [0.1, 0.15) is 43.5 Å². The molecule has 1 aromatic heterocycles. The summed E-state index contributed by atoms with van der Waals surface area (Å²) in [6, 6.07) is 0. The lowest BCUT2D eigenvalue weighted by molar-refractivity contribution is 0.0534. The van der Waals surface area contributed by atoms with Crippen LogP contribution in [-0.2, 0) is 4.74 Å². The lowest BCUT2D eigenvalue weighted by Crippen LogP contribution is -2.11. The molecule has 0 aliphatic heterocycles. The summed E-state index contributed by atoms with van der Waals surface area (Å²) in [5.41, 5.74) is 2.10. The Morgan fingerprint density at radius 1 is 1.25 bits per heavy atom. The zero-order valence-corrected chi connectivity index (χ0v) is 10.8. The largest absolute Gasteiger partial charge is 0.373 e. The van der Waals surface area contributed by atoms with Gasteiger partial charge in [0.2, 0.25) is 0 Å². The molecule has 4 heteroatoms. The van der Waals surface area contributed by atoms with Crippen molar-refractivity contribution in [2.24, 2.45) is 0 Å². The third-order valence-electron chi connectivity index (χ3n) is 2.67. The molecule has 0 bridgehead atoms. The molecule has 0 radical (unpaired) electrons. The van der Waals surface area contributed by atoms with E-state index in [2.05, 4.69) is 22.2 Å². The monoisotopic (exact) mass is 223 g/mol. The van der Waals surface area contributed by atoms with Crippen LogP contribution < -0.4 is 5.32 Å². The first-order chi connectivity index (χ1) is 7.63. The minimum atomic E-state index is -0.00333. The number of hydrogen-bond donors (Lipinski definition) is 1. The van der Waals surface area contributed by atoms with Crippen molar-refractivity contribution < 1.29 is 4.74 Å². The van der Waals surface area contributed by atoms with E-state index in [4.69, 9.17) is 4.74 Å². The highest BCUT2D eigenvalue weighted by atomic mass is 16.5. The molecule has 0 aliphatic carbocycles. The summed E-state index contributed by atoms with van der Waals surface area (Å²) in [6.07, 6.45) is 0.885. The summed E-state index contributed by atoms with van der Waals surface area (Å²) in [6.45, 7) is 8.77. The summed E-state index contributed by atoms with van der Waals surface area (Å²) < 4.78 is 5.62. The highest BCUT2D eigenvalue weighted by Gasteiger charge is 2.15. The molecule has 0 saturated carbocycles. The van der Waals surface area contributed by atoms with Crippen LogP contribution in [0.2, 0.25) is 0 Å². The quantitative estimate of drug-likeness (QED) is 0.833. The molecule has 1 unspecified atom stereocenters. The van der Waals surface area contributed by atoms with Crippen LogP contribution >= 0.6 is 0 Å². The van der Waals surface area contributed by atoms with E-state index >= 15 is 0 Å². The van der Waals surface area contributed by atoms with E-state index in [-0.39, 0.29) is 6.10 Å². The molecule has 16 heavy (non-hydrogen) atoms. The summed E-state index contributed by atoms with van der Waals surface area (Å²) in [5.74, 6) is 1.66. The minimum absolute atomic E-state index is 0.00333. The molecule has 1 rings (SSSR count). The van der Waals surface area contributed by atoms with Gasteiger partial charge in [0.25, 0.3) is 0 Å². The van der Waals surface area contributed by atoms with Crippen LogP contribution in [0.3, 0.4) is 0 Å². The van der Waals surface area contributed by atoms with Crippen molar-refractivity contribution in [1.82, 2.24) is 9.97 Å². The Hall–Kier alpha value is -1.16. The Bertz CT molecular complexity index is 352. The lowest BCUT2D eigenvalue weighted by atomic mass is 10.2. The molecule has 0 saturated heterocycles. The van der Waals surface area contributed by atoms with Crippen LogP contribution in [0.15, 0.2) is 0 Å². The van der Waals surface area contributed by atoms with Gasteiger partial charge in [0.15, 0.2) is 5.82 Å². The second-order valence-electron chi connectivity index (χ2n) is 3.74. The van der Waals surface area contributed by atoms with Gasteiger partial charge in [0.1, 0.15) is 11.9 Å². The van der Waals surface area contributed by atoms with E-state index in [9.17, 15) is 0 Å². The predicted molar refractivity (Wildman–Crippen MR) is 65.7 cm³/mol. The number of nitrogens with zero attached hydrogens (tertiary/aromatic N) is 2. The molecule has 0 aromatic carbocycles. The number of aryl methyl sites for hydroxylation is 1. The number of hydrogen-bond acceptors (Lipinski definition) is 4. The van der Waals surface area contributed by atoms with Crippen molar-refractivity contribution in [3.63, 3.8) is 0 Å². The molecule has 4 nitrogen and oxygen atoms in total. The van der Waals surface area contributed by atoms with Gasteiger partial charge in [-0.1, -0.05) is 6.92 Å². The maximum absolute atomic E-state index is 5.62. The van der Waals surface area contributed by atoms with Gasteiger partial charge >= 0.3 is 0 Å². The molecule has 0 amide bonds. The first-order valence-electron chi connectivity index (χ1n) is 5.78. The highest BCUT2D eigenvalue weighted by molar-refractivity contribution is 5.44. The standard InChI is InChI=1S/C12H21N3O/c1-6-10(16-7-2)12-14-9(4)8(3)11(13-5)15-12/h10H,6-7H2,1-5H3,(H,13,14,15). The number of aromatic nitrogens is 2. The van der Waals surface area contributed by atoms with E-state index < -0.39 is 0 Å². The van der Waals surface area contributed by atoms with Crippen LogP contribution in [-0.4, -0.2) is 23.6 Å². The van der Waals surface area contributed by atoms with Gasteiger partial charge in [-0.15, -0.1) is 0 Å². The molecular weight excluding hydrogens is 202 g/mol. The fourth-order valence-corrected chi connectivity index (χ4v) is 1.61. The highest BCUT2D eigenvalue weighted by Crippen LogP contribution is 2.22. The molecule has 1 heterocycles. The molecule has 1 N–H and O–H groups in total. The summed E-state index contributed by atoms with van der Waals surface area (Å²) in [7, 11) is 1.88. The Balaban J connectivity index is 3.08. The molecular formula is C12H21N3O. The number of rotatable bonds is 5. The van der Waals surface area contributed by atoms with Crippen molar-refractivity contribution in [1.29, 1.82) is 0 Å². The molecule has 1 atom stereocenters. The Labute approximate surface area is 97.5 Å². The molecule has 0 spiro atoms. The van der Waals surface area contributed by atoms with Crippen LogP contribution in [0.4, 0.5) is 5.82 Å². The van der Waals surface area contributed by atoms with Crippen molar-refractivity contribution in [3.05, 3.63) is 17.1 Å². The third kappa shape index (κ3) is 2.70. The van der Waals surface area contributed by atoms with Gasteiger partial charge in [0.05, 0.1) is 0 Å². The average molecular weight is 223 g/mol. The molecule has 0 fully saturated rings. The molecule has 0 aliphatic rings. The first kappa shape index (κ1) is 12.9. The van der Waals surface area contributed by atoms with Crippen LogP contribution in [0.5, 0.6) is 0 Å². The maximum Gasteiger partial charge on any atom is 0.159 e. The minimum Gasteiger partial charge on any atom is -0.373 e. The smallest absolute Gasteiger partial charge is 0.159 e. The van der Waals surface area contributed by atoms with E-state index in [1.807, 2.05) is 27.8 Å². The van der Waals surface area contributed by atoms with E-state index in [0.717, 1.165) is 29.3 Å². The normalized spacial score (nSPS) is 12.6. The van der Waals surface area contributed by atoms with Gasteiger partial charge in [-0.05, 0) is 27.2 Å². The summed E-state index contributed by atoms with van der Waals surface area (Å²) in [4.78, 5) is 8.99. The summed E-state index contributed by atoms with van der Waals surface area (Å²) >= 11 is 0. The zero-order valence-electron chi connectivity index (χ0n) is 10.8. The first-order valence-corrected chi connectivity index (χ1v) is 5.78. The average Bonchev–Trinajstić information content (AvgIpc) is 2.29. The third-order valence-corrected chi connectivity index (χ3v) is 2.67. The van der Waals surface area contributed by atoms with E-state index in [1.54, 1.807) is 0 Å². The lowest BCUT2D eigenvalue weighted by Gasteiger charge is -2.16. The number of ether oxygens (including phenoxy) is 1. The van der Waals surface area contributed by atoms with Crippen molar-refractivity contribution in [2.45, 2.75) is 40.2 Å². The fourth-order valence-electron chi connectivity index (χ4n) is 1.61. The van der Waals surface area contributed by atoms with Crippen LogP contribution in [0, 0.1) is 13.8 Å². The van der Waals surface area contributed by atoms with Gasteiger partial charge < -0.3 is 10.1 Å². The number of nitrogens with one attached hydrogen (secondary N) is 1. The Kier molecular flexibility index (Phi) is 4.68. The number of anilines is 1. The van der Waals surface area contributed by atoms with E-state index in [0.29, 0.717) is 6.61 Å². The van der Waals surface area contributed by atoms with Gasteiger partial charge in [-0.25, -0.2) is 9.97 Å². The zero-order chi connectivity index (χ0) is 12.1. The topological polar surface area (TPSA) is 47.0 Å². The van der Waals surface area contributed by atoms with Crippen molar-refractivity contribution >= 4 is 5.82 Å². The maximum atomic E-state index is 5.62. The second kappa shape index (κ2) is 5.80. The van der Waals surface area contributed by atoms with Crippen molar-refractivity contribution in [2.75, 3.05) is 19.0 Å². The second-order valence-corrected chi connectivity index (χ2v) is 3.74. The van der Waals surface area contributed by atoms with Gasteiger partial charge in [-0.3, -0.25) is 0 Å². The molecule has 1 aromatic rings. The van der Waals surface area contributed by atoms with Gasteiger partial charge in [0, 0.05) is 24.9 Å². The Morgan fingerprint density at radius 3 is 2.44 bits per heavy atom. The SMILES string of the molecule is CCOC(CC)c1nc(C)c(C)c(NC)n1. The summed E-state index contributed by atoms with van der Waals surface area (Å²) in [5, 5.41) is 3.09. The predicted octanol–water partition coefficient (Wildman–Crippen LogP) is 2.62.